The summed E-state index contributed by atoms with van der Waals surface area (Å²) in [6.45, 7) is 4.32. The van der Waals surface area contributed by atoms with E-state index < -0.39 is 0 Å². The number of hydrogen-bond acceptors (Lipinski definition) is 7. The largest absolute Gasteiger partial charge is 0.508 e. The summed E-state index contributed by atoms with van der Waals surface area (Å²) in [7, 11) is 0. The van der Waals surface area contributed by atoms with E-state index in [0.29, 0.717) is 16.9 Å². The minimum absolute atomic E-state index is 0.0397. The Bertz CT molecular complexity index is 1530. The Morgan fingerprint density at radius 3 is 2.38 bits per heavy atom. The first-order valence-electron chi connectivity index (χ1n) is 10.5. The van der Waals surface area contributed by atoms with Crippen molar-refractivity contribution in [3.8, 4) is 33.3 Å². The molecule has 0 spiro atoms. The van der Waals surface area contributed by atoms with Crippen LogP contribution >= 0.6 is 22.7 Å². The number of benzene rings is 3. The molecule has 0 unspecified atom stereocenters. The highest BCUT2D eigenvalue weighted by atomic mass is 32.1. The number of carbonyl (C=O) groups is 2. The van der Waals surface area contributed by atoms with Gasteiger partial charge in [0.1, 0.15) is 10.8 Å². The van der Waals surface area contributed by atoms with Gasteiger partial charge in [-0.15, -0.1) is 22.7 Å². The molecule has 5 nitrogen and oxygen atoms in total. The topological polar surface area (TPSA) is 76.5 Å². The number of nitrogens with zero attached hydrogens (tertiary/aromatic N) is 1. The SMILES string of the molecule is Cc1cc(C)cc(C(=O)c2sc3cc(O)ccc3c2-c2ccc(-c3nc(OC=O)cs3)cc2)c1. The molecule has 0 aliphatic heterocycles. The average molecular weight is 486 g/mol. The Labute approximate surface area is 203 Å². The van der Waals surface area contributed by atoms with Crippen LogP contribution in [0.15, 0.2) is 66.0 Å². The predicted molar refractivity (Wildman–Crippen MR) is 136 cm³/mol. The summed E-state index contributed by atoms with van der Waals surface area (Å²) in [6.07, 6.45) is 0. The van der Waals surface area contributed by atoms with E-state index in [4.69, 9.17) is 4.74 Å². The molecule has 1 N–H and O–H groups in total. The molecule has 0 aliphatic carbocycles. The van der Waals surface area contributed by atoms with Crippen LogP contribution in [0.4, 0.5) is 0 Å². The molecule has 0 atom stereocenters. The Hall–Kier alpha value is -3.81. The Balaban J connectivity index is 1.62. The molecule has 0 radical (unpaired) electrons. The van der Waals surface area contributed by atoms with E-state index in [1.54, 1.807) is 17.5 Å². The maximum absolute atomic E-state index is 13.6. The second-order valence-corrected chi connectivity index (χ2v) is 9.88. The Kier molecular flexibility index (Phi) is 5.73. The van der Waals surface area contributed by atoms with Crippen molar-refractivity contribution in [3.05, 3.63) is 87.6 Å². The maximum atomic E-state index is 13.6. The Morgan fingerprint density at radius 1 is 0.971 bits per heavy atom. The smallest absolute Gasteiger partial charge is 0.299 e. The lowest BCUT2D eigenvalue weighted by atomic mass is 9.96. The van der Waals surface area contributed by atoms with E-state index in [0.717, 1.165) is 42.9 Å². The second-order valence-electron chi connectivity index (χ2n) is 7.97. The number of phenolic OH excluding ortho intramolecular Hbond substituents is 1. The number of aromatic hydroxyl groups is 1. The zero-order valence-corrected chi connectivity index (χ0v) is 20.0. The normalized spacial score (nSPS) is 11.0. The summed E-state index contributed by atoms with van der Waals surface area (Å²) in [4.78, 5) is 29.1. The quantitative estimate of drug-likeness (QED) is 0.212. The first kappa shape index (κ1) is 22.0. The van der Waals surface area contributed by atoms with Crippen molar-refractivity contribution in [2.45, 2.75) is 13.8 Å². The third kappa shape index (κ3) is 4.11. The van der Waals surface area contributed by atoms with Gasteiger partial charge in [0.15, 0.2) is 0 Å². The van der Waals surface area contributed by atoms with E-state index in [-0.39, 0.29) is 17.4 Å². The third-order valence-electron chi connectivity index (χ3n) is 5.44. The lowest BCUT2D eigenvalue weighted by molar-refractivity contribution is -0.120. The zero-order chi connectivity index (χ0) is 23.8. The van der Waals surface area contributed by atoms with Gasteiger partial charge in [0, 0.05) is 26.8 Å². The number of ether oxygens (including phenoxy) is 1. The number of aromatic nitrogens is 1. The number of carbonyl (C=O) groups excluding carboxylic acids is 2. The van der Waals surface area contributed by atoms with Crippen molar-refractivity contribution in [3.63, 3.8) is 0 Å². The summed E-state index contributed by atoms with van der Waals surface area (Å²) < 4.78 is 5.66. The summed E-state index contributed by atoms with van der Waals surface area (Å²) >= 11 is 2.77. The highest BCUT2D eigenvalue weighted by Crippen LogP contribution is 2.42. The van der Waals surface area contributed by atoms with Gasteiger partial charge in [-0.2, -0.15) is 0 Å². The van der Waals surface area contributed by atoms with Crippen LogP contribution < -0.4 is 4.74 Å². The number of phenols is 1. The van der Waals surface area contributed by atoms with Crippen molar-refractivity contribution in [1.82, 2.24) is 4.98 Å². The van der Waals surface area contributed by atoms with Gasteiger partial charge >= 0.3 is 0 Å². The van der Waals surface area contributed by atoms with Gasteiger partial charge in [0.05, 0.1) is 10.3 Å². The van der Waals surface area contributed by atoms with E-state index in [1.807, 2.05) is 62.4 Å². The number of rotatable bonds is 6. The standard InChI is InChI=1S/C27H19NO4S2/c1-15-9-16(2)11-19(10-15)25(31)26-24(21-8-7-20(30)12-22(21)34-26)17-3-5-18(6-4-17)27-28-23(13-33-27)32-14-29/h3-14,30H,1-2H3. The Morgan fingerprint density at radius 2 is 1.68 bits per heavy atom. The van der Waals surface area contributed by atoms with Gasteiger partial charge in [0.25, 0.3) is 6.47 Å². The first-order valence-corrected chi connectivity index (χ1v) is 12.2. The van der Waals surface area contributed by atoms with E-state index in [2.05, 4.69) is 4.98 Å². The van der Waals surface area contributed by atoms with Crippen LogP contribution in [0, 0.1) is 13.8 Å². The summed E-state index contributed by atoms with van der Waals surface area (Å²) in [5.41, 5.74) is 5.35. The molecule has 5 rings (SSSR count). The van der Waals surface area contributed by atoms with Gasteiger partial charge in [-0.1, -0.05) is 41.5 Å². The molecule has 7 heteroatoms. The molecule has 5 aromatic rings. The number of fused-ring (bicyclic) bond motifs is 1. The number of aryl methyl sites for hydroxylation is 2. The molecular weight excluding hydrogens is 466 g/mol. The van der Waals surface area contributed by atoms with Gasteiger partial charge in [-0.05, 0) is 49.7 Å². The molecule has 0 amide bonds. The number of hydrogen-bond donors (Lipinski definition) is 1. The highest BCUT2D eigenvalue weighted by Gasteiger charge is 2.22. The lowest BCUT2D eigenvalue weighted by Gasteiger charge is -2.08. The molecule has 34 heavy (non-hydrogen) atoms. The van der Waals surface area contributed by atoms with Gasteiger partial charge in [-0.3, -0.25) is 9.59 Å². The molecule has 3 aromatic carbocycles. The van der Waals surface area contributed by atoms with Crippen LogP contribution in [0.3, 0.4) is 0 Å². The number of ketones is 1. The minimum Gasteiger partial charge on any atom is -0.508 e. The maximum Gasteiger partial charge on any atom is 0.299 e. The van der Waals surface area contributed by atoms with Crippen LogP contribution in [0.25, 0.3) is 31.8 Å². The van der Waals surface area contributed by atoms with E-state index in [1.165, 1.54) is 22.7 Å². The molecule has 168 valence electrons. The second kappa shape index (κ2) is 8.85. The van der Waals surface area contributed by atoms with Crippen LogP contribution in [0.5, 0.6) is 11.6 Å². The zero-order valence-electron chi connectivity index (χ0n) is 18.4. The van der Waals surface area contributed by atoms with Crippen molar-refractivity contribution in [1.29, 1.82) is 0 Å². The average Bonchev–Trinajstić information content (AvgIpc) is 3.43. The fraction of sp³-hybridized carbons (Fsp3) is 0.0741. The molecule has 2 heterocycles. The van der Waals surface area contributed by atoms with Crippen LogP contribution in [-0.4, -0.2) is 22.3 Å². The minimum atomic E-state index is -0.0397. The third-order valence-corrected chi connectivity index (χ3v) is 7.46. The van der Waals surface area contributed by atoms with Crippen molar-refractivity contribution >= 4 is 45.0 Å². The van der Waals surface area contributed by atoms with Crippen LogP contribution in [0.1, 0.15) is 26.4 Å². The van der Waals surface area contributed by atoms with E-state index in [9.17, 15) is 14.7 Å². The van der Waals surface area contributed by atoms with Crippen molar-refractivity contribution in [2.75, 3.05) is 0 Å². The number of thiophene rings is 1. The summed E-state index contributed by atoms with van der Waals surface area (Å²) in [5, 5.41) is 13.3. The van der Waals surface area contributed by atoms with Crippen LogP contribution in [0.2, 0.25) is 0 Å². The van der Waals surface area contributed by atoms with Gasteiger partial charge in [0.2, 0.25) is 11.7 Å². The fourth-order valence-corrected chi connectivity index (χ4v) is 6.00. The molecular formula is C27H19NO4S2. The molecule has 0 saturated carbocycles. The van der Waals surface area contributed by atoms with Gasteiger partial charge < -0.3 is 9.84 Å². The van der Waals surface area contributed by atoms with E-state index >= 15 is 0 Å². The van der Waals surface area contributed by atoms with Crippen LogP contribution in [-0.2, 0) is 4.79 Å². The summed E-state index contributed by atoms with van der Waals surface area (Å²) in [6, 6.07) is 18.9. The fourth-order valence-electron chi connectivity index (χ4n) is 4.04. The van der Waals surface area contributed by atoms with Crippen molar-refractivity contribution < 1.29 is 19.4 Å². The van der Waals surface area contributed by atoms with Crippen molar-refractivity contribution in [2.24, 2.45) is 0 Å². The molecule has 0 saturated heterocycles. The summed E-state index contributed by atoms with van der Waals surface area (Å²) in [5.74, 6) is 0.393. The van der Waals surface area contributed by atoms with Gasteiger partial charge in [-0.25, -0.2) is 4.98 Å². The molecule has 2 aromatic heterocycles. The highest BCUT2D eigenvalue weighted by molar-refractivity contribution is 7.21. The molecule has 0 aliphatic rings. The molecule has 0 fully saturated rings. The molecule has 0 bridgehead atoms. The number of thiazole rings is 1. The predicted octanol–water partition coefficient (Wildman–Crippen LogP) is 6.78. The first-order chi connectivity index (χ1) is 16.4. The monoisotopic (exact) mass is 485 g/mol. The lowest BCUT2D eigenvalue weighted by Crippen LogP contribution is -2.01.